The quantitative estimate of drug-likeness (QED) is 0.554. The molecule has 0 atom stereocenters. The zero-order chi connectivity index (χ0) is 17.7. The van der Waals surface area contributed by atoms with E-state index >= 15 is 0 Å². The molecule has 1 aliphatic rings. The van der Waals surface area contributed by atoms with E-state index in [1.165, 1.54) is 0 Å². The number of allylic oxidation sites excluding steroid dienone is 10. The van der Waals surface area contributed by atoms with Crippen LogP contribution in [0.2, 0.25) is 0 Å². The lowest BCUT2D eigenvalue weighted by atomic mass is 9.60. The predicted molar refractivity (Wildman–Crippen MR) is 110 cm³/mol. The third kappa shape index (κ3) is 3.00. The molecule has 24 heavy (non-hydrogen) atoms. The van der Waals surface area contributed by atoms with Gasteiger partial charge in [0, 0.05) is 22.3 Å². The molecule has 0 fully saturated rings. The molecule has 0 aromatic carbocycles. The second-order valence-electron chi connectivity index (χ2n) is 5.50. The van der Waals surface area contributed by atoms with E-state index in [9.17, 15) is 0 Å². The van der Waals surface area contributed by atoms with Crippen LogP contribution in [0.4, 0.5) is 0 Å². The Balaban J connectivity index is 2.96. The van der Waals surface area contributed by atoms with Gasteiger partial charge in [0.05, 0.1) is 0 Å². The van der Waals surface area contributed by atoms with Crippen LogP contribution >= 0.6 is 0 Å². The molecule has 0 unspecified atom stereocenters. The fourth-order valence-electron chi connectivity index (χ4n) is 3.02. The summed E-state index contributed by atoms with van der Waals surface area (Å²) >= 11 is 0. The van der Waals surface area contributed by atoms with Gasteiger partial charge in [-0.25, -0.2) is 0 Å². The molecule has 0 aliphatic carbocycles. The van der Waals surface area contributed by atoms with Crippen molar-refractivity contribution in [1.29, 1.82) is 0 Å². The van der Waals surface area contributed by atoms with Gasteiger partial charge < -0.3 is 4.57 Å². The summed E-state index contributed by atoms with van der Waals surface area (Å²) in [7, 11) is 2.17. The third-order valence-corrected chi connectivity index (χ3v) is 4.03. The second kappa shape index (κ2) is 7.69. The largest absolute Gasteiger partial charge is 0.314 e. The van der Waals surface area contributed by atoms with Gasteiger partial charge in [0.15, 0.2) is 7.28 Å². The number of fused-ring (bicyclic) bond motifs is 1. The molecule has 2 heteroatoms. The molecule has 1 radical (unpaired) electrons. The summed E-state index contributed by atoms with van der Waals surface area (Å²) in [4.78, 5) is 0. The Kier molecular flexibility index (Phi) is 5.65. The Bertz CT molecular complexity index is 914. The molecular weight excluding hydrogens is 289 g/mol. The molecule has 0 bridgehead atoms. The first kappa shape index (κ1) is 17.6. The summed E-state index contributed by atoms with van der Waals surface area (Å²) in [5.41, 5.74) is 5.56. The van der Waals surface area contributed by atoms with Crippen LogP contribution in [0.25, 0.3) is 23.8 Å². The van der Waals surface area contributed by atoms with Crippen LogP contribution in [0.5, 0.6) is 0 Å². The molecule has 0 amide bonds. The molecule has 1 aromatic rings. The molecule has 0 N–H and O–H groups in total. The summed E-state index contributed by atoms with van der Waals surface area (Å²) in [6, 6.07) is 0. The number of aromatic nitrogens is 1. The van der Waals surface area contributed by atoms with Crippen LogP contribution in [0.3, 0.4) is 0 Å². The van der Waals surface area contributed by atoms with Gasteiger partial charge in [-0.1, -0.05) is 85.9 Å². The van der Waals surface area contributed by atoms with Gasteiger partial charge in [-0.05, 0) is 25.1 Å². The summed E-state index contributed by atoms with van der Waals surface area (Å²) < 4.78 is 2.23. The van der Waals surface area contributed by atoms with E-state index in [0.29, 0.717) is 0 Å². The highest BCUT2D eigenvalue weighted by atomic mass is 15.0. The first-order valence-corrected chi connectivity index (χ1v) is 7.98. The van der Waals surface area contributed by atoms with E-state index in [2.05, 4.69) is 63.3 Å². The maximum Gasteiger partial charge on any atom is 0.197 e. The van der Waals surface area contributed by atoms with E-state index in [0.717, 1.165) is 38.5 Å². The van der Waals surface area contributed by atoms with Crippen LogP contribution in [-0.4, -0.2) is 11.8 Å². The third-order valence-electron chi connectivity index (χ3n) is 4.03. The van der Waals surface area contributed by atoms with E-state index < -0.39 is 0 Å². The summed E-state index contributed by atoms with van der Waals surface area (Å²) in [5.74, 6) is 0. The Labute approximate surface area is 145 Å². The van der Waals surface area contributed by atoms with Crippen LogP contribution in [0, 0.1) is 6.92 Å². The number of rotatable bonds is 6. The Morgan fingerprint density at radius 3 is 2.21 bits per heavy atom. The van der Waals surface area contributed by atoms with Crippen LogP contribution in [0.15, 0.2) is 73.8 Å². The van der Waals surface area contributed by atoms with Gasteiger partial charge in [-0.15, -0.1) is 0 Å². The fraction of sp³-hybridized carbons (Fsp3) is 0.0909. The molecule has 1 nitrogen and oxygen atoms in total. The van der Waals surface area contributed by atoms with Crippen molar-refractivity contribution in [3.63, 3.8) is 0 Å². The van der Waals surface area contributed by atoms with Crippen molar-refractivity contribution >= 4 is 31.1 Å². The fourth-order valence-corrected chi connectivity index (χ4v) is 3.02. The van der Waals surface area contributed by atoms with Crippen molar-refractivity contribution < 1.29 is 0 Å². The minimum absolute atomic E-state index is 1.00. The lowest BCUT2D eigenvalue weighted by molar-refractivity contribution is 1.00. The van der Waals surface area contributed by atoms with E-state index in [1.54, 1.807) is 12.2 Å². The average Bonchev–Trinajstić information content (AvgIpc) is 2.83. The SMILES string of the molecule is C=C/C=C\C1=c2c(=C)c(/C=C\C=C)c(C)n2C(C=C)=C(/C=C\C)[B]1. The van der Waals surface area contributed by atoms with Gasteiger partial charge in [0.25, 0.3) is 0 Å². The number of nitrogens with zero attached hydrogens (tertiary/aromatic N) is 1. The van der Waals surface area contributed by atoms with Gasteiger partial charge in [0.2, 0.25) is 0 Å². The monoisotopic (exact) mass is 312 g/mol. The van der Waals surface area contributed by atoms with Gasteiger partial charge in [-0.2, -0.15) is 0 Å². The lowest BCUT2D eigenvalue weighted by Crippen LogP contribution is -2.36. The maximum absolute atomic E-state index is 4.32. The Hall–Kier alpha value is -2.74. The maximum atomic E-state index is 4.32. The molecule has 2 rings (SSSR count). The average molecular weight is 312 g/mol. The van der Waals surface area contributed by atoms with E-state index in [1.807, 2.05) is 31.2 Å². The van der Waals surface area contributed by atoms with Crippen LogP contribution < -0.4 is 10.6 Å². The zero-order valence-electron chi connectivity index (χ0n) is 14.5. The van der Waals surface area contributed by atoms with Crippen molar-refractivity contribution in [3.05, 3.63) is 95.6 Å². The minimum atomic E-state index is 1.00. The Morgan fingerprint density at radius 1 is 0.958 bits per heavy atom. The number of hydrogen-bond donors (Lipinski definition) is 0. The topological polar surface area (TPSA) is 4.93 Å². The van der Waals surface area contributed by atoms with Crippen LogP contribution in [-0.2, 0) is 0 Å². The van der Waals surface area contributed by atoms with E-state index in [-0.39, 0.29) is 0 Å². The smallest absolute Gasteiger partial charge is 0.197 e. The predicted octanol–water partition coefficient (Wildman–Crippen LogP) is 3.90. The van der Waals surface area contributed by atoms with E-state index in [4.69, 9.17) is 0 Å². The Morgan fingerprint density at radius 2 is 1.62 bits per heavy atom. The molecule has 119 valence electrons. The van der Waals surface area contributed by atoms with Gasteiger partial charge in [-0.3, -0.25) is 0 Å². The first-order chi connectivity index (χ1) is 11.6. The molecule has 0 saturated heterocycles. The van der Waals surface area contributed by atoms with Crippen molar-refractivity contribution in [3.8, 4) is 0 Å². The standard InChI is InChI=1S/C22H23BN/c1-7-11-14-18-16(5)22-20(15-12-8-2)23-19(13-9-3)21(10-4)24(22)17(18)6/h7-15H,1-2,4-5H2,3,6H3/b13-9-,14-11-,15-12-. The first-order valence-electron chi connectivity index (χ1n) is 7.98. The highest BCUT2D eigenvalue weighted by Crippen LogP contribution is 2.22. The number of hydrogen-bond acceptors (Lipinski definition) is 0. The molecule has 1 aromatic heterocycles. The van der Waals surface area contributed by atoms with Crippen molar-refractivity contribution in [2.24, 2.45) is 0 Å². The van der Waals surface area contributed by atoms with Crippen molar-refractivity contribution in [2.45, 2.75) is 13.8 Å². The lowest BCUT2D eigenvalue weighted by Gasteiger charge is -2.19. The zero-order valence-corrected chi connectivity index (χ0v) is 14.5. The van der Waals surface area contributed by atoms with Crippen LogP contribution in [0.1, 0.15) is 18.2 Å². The van der Waals surface area contributed by atoms with Crippen molar-refractivity contribution in [2.75, 3.05) is 0 Å². The van der Waals surface area contributed by atoms with Gasteiger partial charge in [0.1, 0.15) is 0 Å². The summed E-state index contributed by atoms with van der Waals surface area (Å²) in [5, 5.41) is 2.10. The normalized spacial score (nSPS) is 14.5. The second-order valence-corrected chi connectivity index (χ2v) is 5.50. The molecule has 2 heterocycles. The highest BCUT2D eigenvalue weighted by molar-refractivity contribution is 6.69. The van der Waals surface area contributed by atoms with Gasteiger partial charge >= 0.3 is 0 Å². The minimum Gasteiger partial charge on any atom is -0.314 e. The molecule has 0 spiro atoms. The molecular formula is C22H23BN. The summed E-state index contributed by atoms with van der Waals surface area (Å²) in [6.07, 6.45) is 17.6. The molecule has 0 saturated carbocycles. The highest BCUT2D eigenvalue weighted by Gasteiger charge is 2.20. The van der Waals surface area contributed by atoms with Crippen molar-refractivity contribution in [1.82, 2.24) is 4.57 Å². The molecule has 1 aliphatic heterocycles. The summed E-state index contributed by atoms with van der Waals surface area (Å²) in [6.45, 7) is 20.0.